The smallest absolute Gasteiger partial charge is 0.407 e. The Kier molecular flexibility index (Phi) is 6.28. The van der Waals surface area contributed by atoms with Crippen molar-refractivity contribution in [3.63, 3.8) is 0 Å². The van der Waals surface area contributed by atoms with Crippen LogP contribution in [0.5, 0.6) is 0 Å². The first-order chi connectivity index (χ1) is 9.30. The van der Waals surface area contributed by atoms with E-state index in [1.165, 1.54) is 0 Å². The molecule has 0 heterocycles. The highest BCUT2D eigenvalue weighted by Gasteiger charge is 2.25. The summed E-state index contributed by atoms with van der Waals surface area (Å²) < 4.78 is 5.28. The van der Waals surface area contributed by atoms with Crippen molar-refractivity contribution in [3.05, 3.63) is 0 Å². The largest absolute Gasteiger partial charge is 0.444 e. The van der Waals surface area contributed by atoms with Gasteiger partial charge in [0.05, 0.1) is 12.0 Å². The van der Waals surface area contributed by atoms with Crippen molar-refractivity contribution in [1.82, 2.24) is 10.6 Å². The molecule has 114 valence electrons. The fraction of sp³-hybridized carbons (Fsp3) is 0.867. The number of alkyl carbamates (subject to hydrolysis) is 1. The van der Waals surface area contributed by atoms with Crippen LogP contribution in [0.3, 0.4) is 0 Å². The van der Waals surface area contributed by atoms with Crippen molar-refractivity contribution in [2.45, 2.75) is 71.1 Å². The number of nitriles is 1. The molecule has 1 amide bonds. The molecule has 3 atom stereocenters. The van der Waals surface area contributed by atoms with Crippen molar-refractivity contribution in [2.24, 2.45) is 5.92 Å². The Morgan fingerprint density at radius 2 is 2.05 bits per heavy atom. The van der Waals surface area contributed by atoms with E-state index < -0.39 is 5.60 Å². The average Bonchev–Trinajstić information content (AvgIpc) is 2.34. The lowest BCUT2D eigenvalue weighted by Gasteiger charge is -2.31. The highest BCUT2D eigenvalue weighted by atomic mass is 16.6. The first kappa shape index (κ1) is 16.8. The quantitative estimate of drug-likeness (QED) is 0.830. The molecule has 0 radical (unpaired) electrons. The Morgan fingerprint density at radius 3 is 2.65 bits per heavy atom. The fourth-order valence-electron chi connectivity index (χ4n) is 2.37. The third kappa shape index (κ3) is 6.76. The van der Waals surface area contributed by atoms with Crippen LogP contribution in [-0.2, 0) is 4.74 Å². The van der Waals surface area contributed by atoms with E-state index in [0.29, 0.717) is 12.6 Å². The van der Waals surface area contributed by atoms with E-state index in [1.807, 2.05) is 27.7 Å². The van der Waals surface area contributed by atoms with Crippen LogP contribution in [0.15, 0.2) is 0 Å². The highest BCUT2D eigenvalue weighted by molar-refractivity contribution is 5.68. The minimum atomic E-state index is -0.460. The summed E-state index contributed by atoms with van der Waals surface area (Å²) in [5.41, 5.74) is -0.460. The van der Waals surface area contributed by atoms with Gasteiger partial charge in [-0.1, -0.05) is 0 Å². The summed E-state index contributed by atoms with van der Waals surface area (Å²) in [7, 11) is 0. The van der Waals surface area contributed by atoms with E-state index in [2.05, 4.69) is 16.7 Å². The van der Waals surface area contributed by atoms with Crippen molar-refractivity contribution in [3.8, 4) is 6.07 Å². The molecule has 1 saturated carbocycles. The van der Waals surface area contributed by atoms with Gasteiger partial charge < -0.3 is 15.4 Å². The van der Waals surface area contributed by atoms with Gasteiger partial charge in [-0.2, -0.15) is 5.26 Å². The molecule has 2 N–H and O–H groups in total. The second-order valence-electron chi connectivity index (χ2n) is 6.65. The molecule has 1 aliphatic carbocycles. The Morgan fingerprint density at radius 1 is 1.40 bits per heavy atom. The predicted molar refractivity (Wildman–Crippen MR) is 78.2 cm³/mol. The van der Waals surface area contributed by atoms with Crippen molar-refractivity contribution < 1.29 is 9.53 Å². The zero-order chi connectivity index (χ0) is 15.2. The minimum absolute atomic E-state index is 0.0224. The molecule has 5 heteroatoms. The number of rotatable bonds is 4. The molecular weight excluding hydrogens is 254 g/mol. The van der Waals surface area contributed by atoms with E-state index >= 15 is 0 Å². The van der Waals surface area contributed by atoms with Crippen molar-refractivity contribution >= 4 is 6.09 Å². The minimum Gasteiger partial charge on any atom is -0.444 e. The molecule has 5 nitrogen and oxygen atoms in total. The number of carbonyl (C=O) groups is 1. The van der Waals surface area contributed by atoms with Gasteiger partial charge in [-0.3, -0.25) is 0 Å². The van der Waals surface area contributed by atoms with Crippen molar-refractivity contribution in [1.29, 1.82) is 5.26 Å². The van der Waals surface area contributed by atoms with Crippen LogP contribution in [0.2, 0.25) is 0 Å². The maximum atomic E-state index is 11.7. The van der Waals surface area contributed by atoms with Gasteiger partial charge in [-0.15, -0.1) is 0 Å². The summed E-state index contributed by atoms with van der Waals surface area (Å²) >= 11 is 0. The molecule has 0 spiro atoms. The molecule has 20 heavy (non-hydrogen) atoms. The summed E-state index contributed by atoms with van der Waals surface area (Å²) in [6.07, 6.45) is 3.74. The first-order valence-electron chi connectivity index (χ1n) is 7.42. The standard InChI is InChI=1S/C15H27N3O2/c1-11(9-16)10-17-12-6-5-7-13(8-12)18-14(19)20-15(2,3)4/h11-13,17H,5-8,10H2,1-4H3,(H,18,19). The van der Waals surface area contributed by atoms with Gasteiger partial charge in [0.25, 0.3) is 0 Å². The van der Waals surface area contributed by atoms with Gasteiger partial charge in [0, 0.05) is 18.6 Å². The summed E-state index contributed by atoms with van der Waals surface area (Å²) in [4.78, 5) is 11.7. The Balaban J connectivity index is 2.34. The number of ether oxygens (including phenoxy) is 1. The molecule has 0 aliphatic heterocycles. The van der Waals surface area contributed by atoms with Gasteiger partial charge in [-0.05, 0) is 53.4 Å². The molecule has 0 aromatic carbocycles. The number of nitrogens with zero attached hydrogens (tertiary/aromatic N) is 1. The van der Waals surface area contributed by atoms with E-state index in [9.17, 15) is 4.79 Å². The topological polar surface area (TPSA) is 74.2 Å². The Bertz CT molecular complexity index is 357. The lowest BCUT2D eigenvalue weighted by molar-refractivity contribution is 0.0488. The lowest BCUT2D eigenvalue weighted by Crippen LogP contribution is -2.46. The summed E-state index contributed by atoms with van der Waals surface area (Å²) in [5.74, 6) is 0.0224. The summed E-state index contributed by atoms with van der Waals surface area (Å²) in [6.45, 7) is 8.20. The molecular formula is C15H27N3O2. The predicted octanol–water partition coefficient (Wildman–Crippen LogP) is 2.57. The zero-order valence-corrected chi connectivity index (χ0v) is 13.0. The molecule has 1 rings (SSSR count). The normalized spacial score (nSPS) is 24.6. The molecule has 0 saturated heterocycles. The number of nitrogens with one attached hydrogen (secondary N) is 2. The fourth-order valence-corrected chi connectivity index (χ4v) is 2.37. The molecule has 1 fully saturated rings. The third-order valence-electron chi connectivity index (χ3n) is 3.33. The molecule has 0 bridgehead atoms. The van der Waals surface area contributed by atoms with Crippen LogP contribution < -0.4 is 10.6 Å². The first-order valence-corrected chi connectivity index (χ1v) is 7.42. The summed E-state index contributed by atoms with van der Waals surface area (Å²) in [6, 6.07) is 2.76. The zero-order valence-electron chi connectivity index (χ0n) is 13.0. The van der Waals surface area contributed by atoms with Crippen LogP contribution in [0.1, 0.15) is 53.4 Å². The molecule has 1 aliphatic rings. The van der Waals surface area contributed by atoms with E-state index in [0.717, 1.165) is 25.7 Å². The number of carbonyl (C=O) groups excluding carboxylic acids is 1. The average molecular weight is 281 g/mol. The SMILES string of the molecule is CC(C#N)CNC1CCCC(NC(=O)OC(C)(C)C)C1. The van der Waals surface area contributed by atoms with Gasteiger partial charge in [0.1, 0.15) is 5.60 Å². The van der Waals surface area contributed by atoms with E-state index in [4.69, 9.17) is 10.00 Å². The van der Waals surface area contributed by atoms with Gasteiger partial charge in [0.2, 0.25) is 0 Å². The lowest BCUT2D eigenvalue weighted by atomic mass is 9.91. The van der Waals surface area contributed by atoms with Gasteiger partial charge >= 0.3 is 6.09 Å². The van der Waals surface area contributed by atoms with E-state index in [-0.39, 0.29) is 18.1 Å². The number of amides is 1. The molecule has 3 unspecified atom stereocenters. The number of hydrogen-bond acceptors (Lipinski definition) is 4. The maximum Gasteiger partial charge on any atom is 0.407 e. The summed E-state index contributed by atoms with van der Waals surface area (Å²) in [5, 5.41) is 15.1. The third-order valence-corrected chi connectivity index (χ3v) is 3.33. The Labute approximate surface area is 122 Å². The number of hydrogen-bond donors (Lipinski definition) is 2. The monoisotopic (exact) mass is 281 g/mol. The van der Waals surface area contributed by atoms with Crippen LogP contribution in [0.4, 0.5) is 4.79 Å². The highest BCUT2D eigenvalue weighted by Crippen LogP contribution is 2.19. The van der Waals surface area contributed by atoms with Crippen LogP contribution in [-0.4, -0.2) is 30.3 Å². The van der Waals surface area contributed by atoms with E-state index in [1.54, 1.807) is 0 Å². The van der Waals surface area contributed by atoms with Crippen LogP contribution in [0.25, 0.3) is 0 Å². The van der Waals surface area contributed by atoms with Crippen LogP contribution in [0, 0.1) is 17.2 Å². The second kappa shape index (κ2) is 7.49. The Hall–Kier alpha value is -1.28. The molecule has 0 aromatic rings. The molecule has 0 aromatic heterocycles. The maximum absolute atomic E-state index is 11.7. The second-order valence-corrected chi connectivity index (χ2v) is 6.65. The van der Waals surface area contributed by atoms with Crippen molar-refractivity contribution in [2.75, 3.05) is 6.54 Å². The van der Waals surface area contributed by atoms with Gasteiger partial charge in [-0.25, -0.2) is 4.79 Å². The van der Waals surface area contributed by atoms with Crippen LogP contribution >= 0.6 is 0 Å². The van der Waals surface area contributed by atoms with Gasteiger partial charge in [0.15, 0.2) is 0 Å².